The minimum absolute atomic E-state index is 0.156. The Morgan fingerprint density at radius 1 is 1.30 bits per heavy atom. The van der Waals surface area contributed by atoms with Crippen molar-refractivity contribution in [3.05, 3.63) is 48.2 Å². The Hall–Kier alpha value is -2.73. The Morgan fingerprint density at radius 2 is 2.00 bits per heavy atom. The topological polar surface area (TPSA) is 85.8 Å². The Labute approximate surface area is 159 Å². The summed E-state index contributed by atoms with van der Waals surface area (Å²) >= 11 is 0. The first-order valence-corrected chi connectivity index (χ1v) is 9.34. The number of rotatable bonds is 6. The molecule has 0 bridgehead atoms. The fourth-order valence-electron chi connectivity index (χ4n) is 2.98. The van der Waals surface area contributed by atoms with Gasteiger partial charge in [-0.25, -0.2) is 9.67 Å². The maximum absolute atomic E-state index is 13.2. The van der Waals surface area contributed by atoms with E-state index in [-0.39, 0.29) is 11.8 Å². The molecule has 0 saturated carbocycles. The van der Waals surface area contributed by atoms with E-state index >= 15 is 0 Å². The fraction of sp³-hybridized carbons (Fsp3) is 0.381. The molecule has 2 heterocycles. The molecular formula is C21H27N5O. The van der Waals surface area contributed by atoms with Crippen LogP contribution in [0.2, 0.25) is 0 Å². The van der Waals surface area contributed by atoms with Gasteiger partial charge in [-0.2, -0.15) is 5.10 Å². The maximum Gasteiger partial charge on any atom is 0.252 e. The predicted octanol–water partition coefficient (Wildman–Crippen LogP) is 3.22. The summed E-state index contributed by atoms with van der Waals surface area (Å²) in [5.41, 5.74) is 8.46. The third-order valence-corrected chi connectivity index (χ3v) is 5.32. The first-order valence-electron chi connectivity index (χ1n) is 9.34. The lowest BCUT2D eigenvalue weighted by atomic mass is 9.88. The third kappa shape index (κ3) is 3.57. The molecule has 3 rings (SSSR count). The van der Waals surface area contributed by atoms with Gasteiger partial charge in [0.2, 0.25) is 0 Å². The largest absolute Gasteiger partial charge is 0.345 e. The molecule has 3 N–H and O–H groups in total. The van der Waals surface area contributed by atoms with Crippen molar-refractivity contribution in [2.75, 3.05) is 6.54 Å². The number of nitrogens with one attached hydrogen (secondary N) is 1. The second-order valence-electron chi connectivity index (χ2n) is 7.35. The zero-order valence-corrected chi connectivity index (χ0v) is 16.4. The SMILES string of the molecule is CCn1ncc2c(C(=O)NC(C)(CN)C(C)C)cc(-c3ccccc3)nc21. The summed E-state index contributed by atoms with van der Waals surface area (Å²) in [5, 5.41) is 8.27. The van der Waals surface area contributed by atoms with Crippen LogP contribution in [0.25, 0.3) is 22.3 Å². The molecule has 1 atom stereocenters. The van der Waals surface area contributed by atoms with Crippen molar-refractivity contribution in [3.8, 4) is 11.3 Å². The first kappa shape index (κ1) is 19.0. The van der Waals surface area contributed by atoms with Gasteiger partial charge in [-0.1, -0.05) is 44.2 Å². The molecule has 142 valence electrons. The fourth-order valence-corrected chi connectivity index (χ4v) is 2.98. The van der Waals surface area contributed by atoms with Gasteiger partial charge in [0.25, 0.3) is 5.91 Å². The second kappa shape index (κ2) is 7.48. The number of nitrogens with two attached hydrogens (primary N) is 1. The van der Waals surface area contributed by atoms with Gasteiger partial charge in [0.15, 0.2) is 5.65 Å². The zero-order valence-electron chi connectivity index (χ0n) is 16.4. The standard InChI is InChI=1S/C21H27N5O/c1-5-26-19-17(12-23-26)16(20(27)25-21(4,13-22)14(2)3)11-18(24-19)15-9-7-6-8-10-15/h6-12,14H,5,13,22H2,1-4H3,(H,25,27). The molecule has 6 heteroatoms. The lowest BCUT2D eigenvalue weighted by Gasteiger charge is -2.33. The van der Waals surface area contributed by atoms with E-state index in [1.54, 1.807) is 6.20 Å². The number of hydrogen-bond donors (Lipinski definition) is 2. The summed E-state index contributed by atoms with van der Waals surface area (Å²) in [6.45, 7) is 9.14. The predicted molar refractivity (Wildman–Crippen MR) is 108 cm³/mol. The molecule has 0 saturated heterocycles. The number of aryl methyl sites for hydroxylation is 1. The minimum Gasteiger partial charge on any atom is -0.345 e. The number of aromatic nitrogens is 3. The lowest BCUT2D eigenvalue weighted by molar-refractivity contribution is 0.0885. The van der Waals surface area contributed by atoms with Crippen LogP contribution in [0.3, 0.4) is 0 Å². The van der Waals surface area contributed by atoms with Crippen molar-refractivity contribution in [1.82, 2.24) is 20.1 Å². The average molecular weight is 365 g/mol. The summed E-state index contributed by atoms with van der Waals surface area (Å²) in [6.07, 6.45) is 1.71. The Morgan fingerprint density at radius 3 is 2.59 bits per heavy atom. The molecule has 0 aliphatic heterocycles. The summed E-state index contributed by atoms with van der Waals surface area (Å²) in [7, 11) is 0. The molecule has 0 fully saturated rings. The molecule has 6 nitrogen and oxygen atoms in total. The van der Waals surface area contributed by atoms with Gasteiger partial charge in [-0.05, 0) is 25.8 Å². The van der Waals surface area contributed by atoms with Gasteiger partial charge in [0.1, 0.15) is 0 Å². The number of benzene rings is 1. The second-order valence-corrected chi connectivity index (χ2v) is 7.35. The Bertz CT molecular complexity index is 948. The van der Waals surface area contributed by atoms with Crippen molar-refractivity contribution in [3.63, 3.8) is 0 Å². The van der Waals surface area contributed by atoms with Crippen molar-refractivity contribution in [1.29, 1.82) is 0 Å². The van der Waals surface area contributed by atoms with Gasteiger partial charge in [-0.3, -0.25) is 4.79 Å². The van der Waals surface area contributed by atoms with Gasteiger partial charge >= 0.3 is 0 Å². The molecule has 1 unspecified atom stereocenters. The van der Waals surface area contributed by atoms with Crippen LogP contribution >= 0.6 is 0 Å². The van der Waals surface area contributed by atoms with Crippen LogP contribution in [0.4, 0.5) is 0 Å². The molecule has 2 aromatic heterocycles. The van der Waals surface area contributed by atoms with Crippen LogP contribution in [-0.4, -0.2) is 32.8 Å². The van der Waals surface area contributed by atoms with Crippen LogP contribution in [-0.2, 0) is 6.54 Å². The van der Waals surface area contributed by atoms with E-state index in [0.29, 0.717) is 24.3 Å². The van der Waals surface area contributed by atoms with E-state index in [0.717, 1.165) is 16.6 Å². The number of pyridine rings is 1. The highest BCUT2D eigenvalue weighted by atomic mass is 16.1. The quantitative estimate of drug-likeness (QED) is 0.702. The average Bonchev–Trinajstić information content (AvgIpc) is 3.10. The number of hydrogen-bond acceptors (Lipinski definition) is 4. The first-order chi connectivity index (χ1) is 12.9. The number of nitrogens with zero attached hydrogens (tertiary/aromatic N) is 3. The molecule has 0 radical (unpaired) electrons. The molecule has 27 heavy (non-hydrogen) atoms. The highest BCUT2D eigenvalue weighted by Crippen LogP contribution is 2.26. The Balaban J connectivity index is 2.14. The molecular weight excluding hydrogens is 338 g/mol. The lowest BCUT2D eigenvalue weighted by Crippen LogP contribution is -2.55. The van der Waals surface area contributed by atoms with Crippen LogP contribution in [0.1, 0.15) is 38.1 Å². The smallest absolute Gasteiger partial charge is 0.252 e. The monoisotopic (exact) mass is 365 g/mol. The van der Waals surface area contributed by atoms with Gasteiger partial charge in [-0.15, -0.1) is 0 Å². The van der Waals surface area contributed by atoms with E-state index < -0.39 is 5.54 Å². The third-order valence-electron chi connectivity index (χ3n) is 5.32. The zero-order chi connectivity index (χ0) is 19.6. The molecule has 0 aliphatic rings. The van der Waals surface area contributed by atoms with Gasteiger partial charge < -0.3 is 11.1 Å². The van der Waals surface area contributed by atoms with Gasteiger partial charge in [0.05, 0.1) is 28.4 Å². The number of carbonyl (C=O) groups excluding carboxylic acids is 1. The van der Waals surface area contributed by atoms with Crippen LogP contribution < -0.4 is 11.1 Å². The Kier molecular flexibility index (Phi) is 5.28. The summed E-state index contributed by atoms with van der Waals surface area (Å²) in [6, 6.07) is 11.7. The molecule has 0 aliphatic carbocycles. The molecule has 1 aromatic carbocycles. The van der Waals surface area contributed by atoms with E-state index in [1.165, 1.54) is 0 Å². The summed E-state index contributed by atoms with van der Waals surface area (Å²) < 4.78 is 1.81. The van der Waals surface area contributed by atoms with Crippen LogP contribution in [0.15, 0.2) is 42.6 Å². The van der Waals surface area contributed by atoms with Crippen LogP contribution in [0, 0.1) is 5.92 Å². The number of fused-ring (bicyclic) bond motifs is 1. The highest BCUT2D eigenvalue weighted by molar-refractivity contribution is 6.06. The summed E-state index contributed by atoms with van der Waals surface area (Å²) in [4.78, 5) is 18.0. The maximum atomic E-state index is 13.2. The number of amides is 1. The van der Waals surface area contributed by atoms with E-state index in [2.05, 4.69) is 24.3 Å². The van der Waals surface area contributed by atoms with E-state index in [4.69, 9.17) is 10.7 Å². The molecule has 3 aromatic rings. The van der Waals surface area contributed by atoms with Gasteiger partial charge in [0, 0.05) is 18.7 Å². The molecule has 1 amide bonds. The van der Waals surface area contributed by atoms with Crippen molar-refractivity contribution < 1.29 is 4.79 Å². The van der Waals surface area contributed by atoms with E-state index in [1.807, 2.05) is 54.9 Å². The van der Waals surface area contributed by atoms with E-state index in [9.17, 15) is 4.79 Å². The minimum atomic E-state index is -0.486. The highest BCUT2D eigenvalue weighted by Gasteiger charge is 2.30. The van der Waals surface area contributed by atoms with Crippen molar-refractivity contribution >= 4 is 16.9 Å². The number of carbonyl (C=O) groups is 1. The summed E-state index contributed by atoms with van der Waals surface area (Å²) in [5.74, 6) is 0.0487. The van der Waals surface area contributed by atoms with Crippen molar-refractivity contribution in [2.24, 2.45) is 11.7 Å². The molecule has 0 spiro atoms. The van der Waals surface area contributed by atoms with Crippen molar-refractivity contribution in [2.45, 2.75) is 39.8 Å². The normalized spacial score (nSPS) is 13.7. The van der Waals surface area contributed by atoms with Crippen LogP contribution in [0.5, 0.6) is 0 Å².